The molecule has 0 fully saturated rings. The summed E-state index contributed by atoms with van der Waals surface area (Å²) in [6.07, 6.45) is 0. The van der Waals surface area contributed by atoms with Gasteiger partial charge < -0.3 is 10.5 Å². The summed E-state index contributed by atoms with van der Waals surface area (Å²) in [5, 5.41) is 0.568. The molecule has 0 atom stereocenters. The van der Waals surface area contributed by atoms with E-state index < -0.39 is 0 Å². The Morgan fingerprint density at radius 3 is 2.45 bits per heavy atom. The van der Waals surface area contributed by atoms with Gasteiger partial charge in [-0.15, -0.1) is 0 Å². The molecule has 0 aliphatic carbocycles. The number of aliphatic imine (C=N–C) groups is 1. The average Bonchev–Trinajstić information content (AvgIpc) is 2.49. The molecule has 0 unspecified atom stereocenters. The fourth-order valence-corrected chi connectivity index (χ4v) is 2.35. The predicted octanol–water partition coefficient (Wildman–Crippen LogP) is 3.96. The highest BCUT2D eigenvalue weighted by atomic mass is 32.2. The normalized spacial score (nSPS) is 11.3. The molecule has 0 aliphatic heterocycles. The minimum Gasteiger partial charge on any atom is -0.494 e. The minimum atomic E-state index is 0.568. The molecule has 0 amide bonds. The lowest BCUT2D eigenvalue weighted by molar-refractivity contribution is 0.340. The number of ether oxygens (including phenoxy) is 1. The molecule has 0 aromatic heterocycles. The number of amidine groups is 1. The van der Waals surface area contributed by atoms with Gasteiger partial charge in [0.05, 0.1) is 12.3 Å². The first-order valence-electron chi connectivity index (χ1n) is 6.51. The van der Waals surface area contributed by atoms with Crippen LogP contribution in [0.4, 0.5) is 5.69 Å². The number of thioether (sulfide) groups is 1. The van der Waals surface area contributed by atoms with Crippen molar-refractivity contribution in [3.05, 3.63) is 60.2 Å². The maximum atomic E-state index is 5.93. The molecule has 3 nitrogen and oxygen atoms in total. The zero-order valence-electron chi connectivity index (χ0n) is 11.5. The van der Waals surface area contributed by atoms with E-state index >= 15 is 0 Å². The highest BCUT2D eigenvalue weighted by molar-refractivity contribution is 8.13. The van der Waals surface area contributed by atoms with Crippen molar-refractivity contribution in [3.8, 4) is 5.75 Å². The highest BCUT2D eigenvalue weighted by Crippen LogP contribution is 2.20. The molecule has 2 aromatic carbocycles. The van der Waals surface area contributed by atoms with Crippen LogP contribution in [0.25, 0.3) is 0 Å². The number of nitrogens with zero attached hydrogens (tertiary/aromatic N) is 1. The topological polar surface area (TPSA) is 47.6 Å². The van der Waals surface area contributed by atoms with Gasteiger partial charge in [-0.05, 0) is 36.8 Å². The standard InChI is InChI=1S/C16H18N2OS/c1-2-19-15-10-8-14(9-11-15)18-16(17)20-12-13-6-4-3-5-7-13/h3-11H,2,12H2,1H3,(H2,17,18). The van der Waals surface area contributed by atoms with E-state index in [1.165, 1.54) is 17.3 Å². The fourth-order valence-electron chi connectivity index (χ4n) is 1.67. The monoisotopic (exact) mass is 286 g/mol. The highest BCUT2D eigenvalue weighted by Gasteiger charge is 1.98. The van der Waals surface area contributed by atoms with Crippen molar-refractivity contribution in [3.63, 3.8) is 0 Å². The van der Waals surface area contributed by atoms with Crippen LogP contribution >= 0.6 is 11.8 Å². The Labute approximate surface area is 123 Å². The van der Waals surface area contributed by atoms with Crippen molar-refractivity contribution in [1.29, 1.82) is 0 Å². The van der Waals surface area contributed by atoms with Gasteiger partial charge in [0.25, 0.3) is 0 Å². The zero-order chi connectivity index (χ0) is 14.2. The Balaban J connectivity index is 1.92. The summed E-state index contributed by atoms with van der Waals surface area (Å²) in [4.78, 5) is 4.38. The van der Waals surface area contributed by atoms with Crippen molar-refractivity contribution >= 4 is 22.6 Å². The lowest BCUT2D eigenvalue weighted by atomic mass is 10.2. The van der Waals surface area contributed by atoms with Crippen LogP contribution in [0.2, 0.25) is 0 Å². The van der Waals surface area contributed by atoms with Crippen LogP contribution < -0.4 is 10.5 Å². The van der Waals surface area contributed by atoms with Crippen molar-refractivity contribution in [1.82, 2.24) is 0 Å². The maximum absolute atomic E-state index is 5.93. The largest absolute Gasteiger partial charge is 0.494 e. The molecule has 0 spiro atoms. The van der Waals surface area contributed by atoms with Crippen molar-refractivity contribution in [2.75, 3.05) is 6.61 Å². The summed E-state index contributed by atoms with van der Waals surface area (Å²) in [5.74, 6) is 1.68. The van der Waals surface area contributed by atoms with E-state index in [9.17, 15) is 0 Å². The third kappa shape index (κ3) is 4.63. The van der Waals surface area contributed by atoms with Gasteiger partial charge in [-0.3, -0.25) is 0 Å². The van der Waals surface area contributed by atoms with E-state index in [4.69, 9.17) is 10.5 Å². The molecule has 0 bridgehead atoms. The molecule has 0 aliphatic rings. The van der Waals surface area contributed by atoms with Gasteiger partial charge >= 0.3 is 0 Å². The van der Waals surface area contributed by atoms with Crippen LogP contribution in [-0.4, -0.2) is 11.8 Å². The molecule has 4 heteroatoms. The molecular formula is C16H18N2OS. The number of hydrogen-bond acceptors (Lipinski definition) is 3. The molecule has 2 aromatic rings. The smallest absolute Gasteiger partial charge is 0.159 e. The summed E-state index contributed by atoms with van der Waals surface area (Å²) in [6, 6.07) is 17.8. The Morgan fingerprint density at radius 1 is 1.10 bits per heavy atom. The second kappa shape index (κ2) is 7.60. The first-order chi connectivity index (χ1) is 9.78. The third-order valence-corrected chi connectivity index (χ3v) is 3.48. The van der Waals surface area contributed by atoms with E-state index in [0.29, 0.717) is 11.8 Å². The van der Waals surface area contributed by atoms with E-state index in [-0.39, 0.29) is 0 Å². The molecule has 2 rings (SSSR count). The van der Waals surface area contributed by atoms with Crippen molar-refractivity contribution in [2.45, 2.75) is 12.7 Å². The molecule has 2 N–H and O–H groups in total. The van der Waals surface area contributed by atoms with Gasteiger partial charge in [0.1, 0.15) is 5.75 Å². The SMILES string of the molecule is CCOc1ccc(N=C(N)SCc2ccccc2)cc1. The van der Waals surface area contributed by atoms with Crippen LogP contribution in [0.5, 0.6) is 5.75 Å². The van der Waals surface area contributed by atoms with Gasteiger partial charge in [-0.2, -0.15) is 0 Å². The number of rotatable bonds is 5. The van der Waals surface area contributed by atoms with Crippen LogP contribution in [0.15, 0.2) is 59.6 Å². The van der Waals surface area contributed by atoms with Gasteiger partial charge in [0, 0.05) is 5.75 Å². The molecular weight excluding hydrogens is 268 g/mol. The summed E-state index contributed by atoms with van der Waals surface area (Å²) in [7, 11) is 0. The van der Waals surface area contributed by atoms with Crippen LogP contribution in [0.1, 0.15) is 12.5 Å². The van der Waals surface area contributed by atoms with Crippen LogP contribution in [0.3, 0.4) is 0 Å². The minimum absolute atomic E-state index is 0.568. The summed E-state index contributed by atoms with van der Waals surface area (Å²) >= 11 is 1.54. The maximum Gasteiger partial charge on any atom is 0.159 e. The molecule has 0 heterocycles. The van der Waals surface area contributed by atoms with Gasteiger partial charge in [-0.1, -0.05) is 42.1 Å². The third-order valence-electron chi connectivity index (χ3n) is 2.62. The second-order valence-electron chi connectivity index (χ2n) is 4.15. The summed E-state index contributed by atoms with van der Waals surface area (Å²) in [6.45, 7) is 2.63. The Bertz CT molecular complexity index is 552. The van der Waals surface area contributed by atoms with Gasteiger partial charge in [-0.25, -0.2) is 4.99 Å². The van der Waals surface area contributed by atoms with E-state index in [2.05, 4.69) is 17.1 Å². The molecule has 0 radical (unpaired) electrons. The number of hydrogen-bond donors (Lipinski definition) is 1. The van der Waals surface area contributed by atoms with Gasteiger partial charge in [0.15, 0.2) is 5.17 Å². The van der Waals surface area contributed by atoms with E-state index in [1.54, 1.807) is 0 Å². The second-order valence-corrected chi connectivity index (χ2v) is 5.15. The van der Waals surface area contributed by atoms with Crippen LogP contribution in [-0.2, 0) is 5.75 Å². The molecule has 20 heavy (non-hydrogen) atoms. The lowest BCUT2D eigenvalue weighted by Gasteiger charge is -2.04. The Kier molecular flexibility index (Phi) is 5.50. The zero-order valence-corrected chi connectivity index (χ0v) is 12.3. The first kappa shape index (κ1) is 14.5. The predicted molar refractivity (Wildman–Crippen MR) is 86.6 cm³/mol. The van der Waals surface area contributed by atoms with Gasteiger partial charge in [0.2, 0.25) is 0 Å². The molecule has 0 saturated heterocycles. The molecule has 0 saturated carbocycles. The summed E-state index contributed by atoms with van der Waals surface area (Å²) < 4.78 is 5.39. The quantitative estimate of drug-likeness (QED) is 0.668. The van der Waals surface area contributed by atoms with Crippen molar-refractivity contribution in [2.24, 2.45) is 10.7 Å². The number of benzene rings is 2. The number of nitrogens with two attached hydrogens (primary N) is 1. The molecule has 104 valence electrons. The first-order valence-corrected chi connectivity index (χ1v) is 7.50. The average molecular weight is 286 g/mol. The van der Waals surface area contributed by atoms with E-state index in [0.717, 1.165) is 17.2 Å². The fraction of sp³-hybridized carbons (Fsp3) is 0.188. The Hall–Kier alpha value is -1.94. The van der Waals surface area contributed by atoms with Crippen LogP contribution in [0, 0.1) is 0 Å². The van der Waals surface area contributed by atoms with E-state index in [1.807, 2.05) is 49.4 Å². The summed E-state index contributed by atoms with van der Waals surface area (Å²) in [5.41, 5.74) is 8.01. The Morgan fingerprint density at radius 2 is 1.80 bits per heavy atom. The lowest BCUT2D eigenvalue weighted by Crippen LogP contribution is -2.06. The van der Waals surface area contributed by atoms with Crippen molar-refractivity contribution < 1.29 is 4.74 Å².